The molecule has 2 saturated heterocycles. The van der Waals surface area contributed by atoms with Gasteiger partial charge in [0.1, 0.15) is 0 Å². The summed E-state index contributed by atoms with van der Waals surface area (Å²) >= 11 is 0. The van der Waals surface area contributed by atoms with Crippen molar-refractivity contribution in [1.29, 1.82) is 0 Å². The van der Waals surface area contributed by atoms with E-state index in [9.17, 15) is 13.2 Å². The van der Waals surface area contributed by atoms with Crippen molar-refractivity contribution < 1.29 is 23.1 Å². The maximum atomic E-state index is 10.6. The first kappa shape index (κ1) is 18.4. The molecule has 24 heavy (non-hydrogen) atoms. The highest BCUT2D eigenvalue weighted by Gasteiger charge is 2.40. The van der Waals surface area contributed by atoms with Gasteiger partial charge in [-0.3, -0.25) is 0 Å². The van der Waals surface area contributed by atoms with E-state index >= 15 is 0 Å². The van der Waals surface area contributed by atoms with Crippen LogP contribution in [0.5, 0.6) is 0 Å². The number of aliphatic carboxylic acids is 1. The smallest absolute Gasteiger partial charge is 0.475 e. The Hall–Kier alpha value is -1.90. The van der Waals surface area contributed by atoms with Gasteiger partial charge in [0.15, 0.2) is 0 Å². The summed E-state index contributed by atoms with van der Waals surface area (Å²) < 4.78 is 31.7. The summed E-state index contributed by atoms with van der Waals surface area (Å²) in [5.74, 6) is -1.85. The third-order valence-corrected chi connectivity index (χ3v) is 4.31. The summed E-state index contributed by atoms with van der Waals surface area (Å²) in [6.45, 7) is 6.59. The van der Waals surface area contributed by atoms with Gasteiger partial charge in [0, 0.05) is 36.9 Å². The first-order valence-electron chi connectivity index (χ1n) is 7.77. The topological polar surface area (TPSA) is 78.4 Å². The van der Waals surface area contributed by atoms with E-state index in [2.05, 4.69) is 20.2 Å². The van der Waals surface area contributed by atoms with E-state index < -0.39 is 12.1 Å². The van der Waals surface area contributed by atoms with Gasteiger partial charge in [-0.15, -0.1) is 0 Å². The molecule has 1 spiro atoms. The third kappa shape index (κ3) is 4.80. The number of alkyl halides is 3. The van der Waals surface area contributed by atoms with Crippen molar-refractivity contribution in [2.24, 2.45) is 5.41 Å². The molecule has 3 heterocycles. The van der Waals surface area contributed by atoms with Gasteiger partial charge < -0.3 is 15.3 Å². The Bertz CT molecular complexity index is 574. The Balaban J connectivity index is 0.000000256. The molecule has 3 rings (SSSR count). The summed E-state index contributed by atoms with van der Waals surface area (Å²) in [5.41, 5.74) is 1.53. The highest BCUT2D eigenvalue weighted by Crippen LogP contribution is 2.37. The SMILES string of the molecule is Cc1ccnc(N2CCC3(CCCNC3)C2)n1.O=C(O)C(F)(F)F. The van der Waals surface area contributed by atoms with Gasteiger partial charge in [0.2, 0.25) is 5.95 Å². The predicted molar refractivity (Wildman–Crippen MR) is 81.8 cm³/mol. The largest absolute Gasteiger partial charge is 0.490 e. The number of hydrogen-bond acceptors (Lipinski definition) is 5. The zero-order chi connectivity index (χ0) is 17.8. The van der Waals surface area contributed by atoms with Crippen molar-refractivity contribution >= 4 is 11.9 Å². The molecule has 1 unspecified atom stereocenters. The number of aromatic nitrogens is 2. The van der Waals surface area contributed by atoms with E-state index in [4.69, 9.17) is 9.90 Å². The minimum absolute atomic E-state index is 0.478. The van der Waals surface area contributed by atoms with Crippen LogP contribution < -0.4 is 10.2 Å². The molecule has 134 valence electrons. The highest BCUT2D eigenvalue weighted by molar-refractivity contribution is 5.73. The average molecular weight is 346 g/mol. The lowest BCUT2D eigenvalue weighted by Crippen LogP contribution is -2.42. The first-order chi connectivity index (χ1) is 11.2. The van der Waals surface area contributed by atoms with E-state index in [-0.39, 0.29) is 0 Å². The Labute approximate surface area is 138 Å². The molecule has 2 aliphatic rings. The first-order valence-corrected chi connectivity index (χ1v) is 7.77. The number of nitrogens with zero attached hydrogens (tertiary/aromatic N) is 3. The van der Waals surface area contributed by atoms with E-state index in [1.54, 1.807) is 0 Å². The van der Waals surface area contributed by atoms with E-state index in [0.717, 1.165) is 31.3 Å². The number of carbonyl (C=O) groups is 1. The van der Waals surface area contributed by atoms with Crippen molar-refractivity contribution in [2.75, 3.05) is 31.1 Å². The molecule has 0 bridgehead atoms. The molecule has 0 radical (unpaired) electrons. The quantitative estimate of drug-likeness (QED) is 0.810. The second-order valence-corrected chi connectivity index (χ2v) is 6.25. The number of carboxylic acid groups (broad SMARTS) is 1. The van der Waals surface area contributed by atoms with E-state index in [1.165, 1.54) is 25.8 Å². The highest BCUT2D eigenvalue weighted by atomic mass is 19.4. The standard InChI is InChI=1S/C13H20N4.C2HF3O2/c1-11-3-7-15-12(16-11)17-8-5-13(10-17)4-2-6-14-9-13;3-2(4,5)1(6)7/h3,7,14H,2,4-6,8-10H2,1H3;(H,6,7). The van der Waals surface area contributed by atoms with Gasteiger partial charge in [0.05, 0.1) is 0 Å². The molecule has 2 fully saturated rings. The maximum absolute atomic E-state index is 10.6. The summed E-state index contributed by atoms with van der Waals surface area (Å²) in [6.07, 6.45) is 0.712. The van der Waals surface area contributed by atoms with Crippen molar-refractivity contribution in [3.05, 3.63) is 18.0 Å². The molecule has 1 aromatic heterocycles. The Morgan fingerprint density at radius 3 is 2.67 bits per heavy atom. The fraction of sp³-hybridized carbons (Fsp3) is 0.667. The number of rotatable bonds is 1. The minimum Gasteiger partial charge on any atom is -0.475 e. The fourth-order valence-corrected chi connectivity index (χ4v) is 3.07. The number of nitrogens with one attached hydrogen (secondary N) is 1. The second kappa shape index (κ2) is 7.33. The number of hydrogen-bond donors (Lipinski definition) is 2. The molecule has 6 nitrogen and oxygen atoms in total. The monoisotopic (exact) mass is 346 g/mol. The molecular formula is C15H21F3N4O2. The van der Waals surface area contributed by atoms with Crippen LogP contribution in [0.1, 0.15) is 25.0 Å². The number of carboxylic acids is 1. The molecule has 2 aliphatic heterocycles. The van der Waals surface area contributed by atoms with Gasteiger partial charge in [-0.05, 0) is 38.8 Å². The normalized spacial score (nSPS) is 23.8. The Morgan fingerprint density at radius 2 is 2.12 bits per heavy atom. The van der Waals surface area contributed by atoms with Crippen LogP contribution >= 0.6 is 0 Å². The molecule has 0 saturated carbocycles. The summed E-state index contributed by atoms with van der Waals surface area (Å²) in [7, 11) is 0. The van der Waals surface area contributed by atoms with Gasteiger partial charge in [-0.1, -0.05) is 0 Å². The van der Waals surface area contributed by atoms with Crippen LogP contribution in [0.25, 0.3) is 0 Å². The average Bonchev–Trinajstić information content (AvgIpc) is 2.91. The summed E-state index contributed by atoms with van der Waals surface area (Å²) in [6, 6.07) is 1.96. The van der Waals surface area contributed by atoms with Crippen molar-refractivity contribution in [3.8, 4) is 0 Å². The number of halogens is 3. The van der Waals surface area contributed by atoms with E-state index in [0.29, 0.717) is 5.41 Å². The molecule has 1 aromatic rings. The molecule has 0 aliphatic carbocycles. The lowest BCUT2D eigenvalue weighted by molar-refractivity contribution is -0.192. The molecule has 0 amide bonds. The number of anilines is 1. The lowest BCUT2D eigenvalue weighted by Gasteiger charge is -2.33. The minimum atomic E-state index is -5.08. The maximum Gasteiger partial charge on any atom is 0.490 e. The van der Waals surface area contributed by atoms with Crippen LogP contribution in [-0.2, 0) is 4.79 Å². The van der Waals surface area contributed by atoms with Crippen molar-refractivity contribution in [1.82, 2.24) is 15.3 Å². The second-order valence-electron chi connectivity index (χ2n) is 6.25. The molecular weight excluding hydrogens is 325 g/mol. The molecule has 1 atom stereocenters. The van der Waals surface area contributed by atoms with Gasteiger partial charge in [0.25, 0.3) is 0 Å². The third-order valence-electron chi connectivity index (χ3n) is 4.31. The zero-order valence-corrected chi connectivity index (χ0v) is 13.4. The van der Waals surface area contributed by atoms with Crippen LogP contribution in [0.2, 0.25) is 0 Å². The van der Waals surface area contributed by atoms with Crippen LogP contribution in [0.3, 0.4) is 0 Å². The summed E-state index contributed by atoms with van der Waals surface area (Å²) in [5, 5.41) is 10.7. The number of piperidine rings is 1. The van der Waals surface area contributed by atoms with Crippen molar-refractivity contribution in [2.45, 2.75) is 32.4 Å². The van der Waals surface area contributed by atoms with E-state index in [1.807, 2.05) is 19.2 Å². The van der Waals surface area contributed by atoms with Crippen LogP contribution in [0.4, 0.5) is 19.1 Å². The van der Waals surface area contributed by atoms with Crippen molar-refractivity contribution in [3.63, 3.8) is 0 Å². The molecule has 9 heteroatoms. The van der Waals surface area contributed by atoms with Gasteiger partial charge in [-0.2, -0.15) is 13.2 Å². The fourth-order valence-electron chi connectivity index (χ4n) is 3.07. The molecule has 0 aromatic carbocycles. The Kier molecular flexibility index (Phi) is 5.63. The molecule has 2 N–H and O–H groups in total. The lowest BCUT2D eigenvalue weighted by atomic mass is 9.80. The van der Waals surface area contributed by atoms with Gasteiger partial charge in [-0.25, -0.2) is 14.8 Å². The van der Waals surface area contributed by atoms with Crippen LogP contribution in [0.15, 0.2) is 12.3 Å². The predicted octanol–water partition coefficient (Wildman–Crippen LogP) is 2.00. The Morgan fingerprint density at radius 1 is 1.42 bits per heavy atom. The van der Waals surface area contributed by atoms with Gasteiger partial charge >= 0.3 is 12.1 Å². The summed E-state index contributed by atoms with van der Waals surface area (Å²) in [4.78, 5) is 20.2. The zero-order valence-electron chi connectivity index (χ0n) is 13.4. The van der Waals surface area contributed by atoms with Crippen LogP contribution in [0, 0.1) is 12.3 Å². The van der Waals surface area contributed by atoms with Crippen LogP contribution in [-0.4, -0.2) is 53.4 Å². The number of aryl methyl sites for hydroxylation is 1.